The first-order chi connectivity index (χ1) is 17.8. The van der Waals surface area contributed by atoms with E-state index < -0.39 is 0 Å². The summed E-state index contributed by atoms with van der Waals surface area (Å²) in [6.07, 6.45) is 6.45. The van der Waals surface area contributed by atoms with E-state index in [2.05, 4.69) is 103 Å². The van der Waals surface area contributed by atoms with Crippen LogP contribution in [0.4, 0.5) is 0 Å². The van der Waals surface area contributed by atoms with E-state index in [1.807, 2.05) is 40.7 Å². The second kappa shape index (κ2) is 17.4. The second-order valence-corrected chi connectivity index (χ2v) is 10.7. The van der Waals surface area contributed by atoms with Gasteiger partial charge in [0.05, 0.1) is 0 Å². The quantitative estimate of drug-likeness (QED) is 0.257. The van der Waals surface area contributed by atoms with E-state index in [0.29, 0.717) is 0 Å². The minimum atomic E-state index is 0.0833. The zero-order valence-electron chi connectivity index (χ0n) is 26.2. The SMILES string of the molecule is C=C(N)C(C)(C)C.C=CCCCc1c(C(=C)C)cc(C)c2ccccc12.CC.CCc1cccc(C)c1C. The Morgan fingerprint density at radius 3 is 1.89 bits per heavy atom. The number of aryl methyl sites for hydroxylation is 4. The van der Waals surface area contributed by atoms with E-state index in [9.17, 15) is 0 Å². The highest BCUT2D eigenvalue weighted by molar-refractivity contribution is 5.92. The number of benzene rings is 3. The number of hydrogen-bond acceptors (Lipinski definition) is 1. The first-order valence-electron chi connectivity index (χ1n) is 14.1. The largest absolute Gasteiger partial charge is 0.402 e. The predicted molar refractivity (Wildman–Crippen MR) is 176 cm³/mol. The van der Waals surface area contributed by atoms with Gasteiger partial charge in [-0.15, -0.1) is 6.58 Å². The summed E-state index contributed by atoms with van der Waals surface area (Å²) in [6, 6.07) is 17.5. The van der Waals surface area contributed by atoms with Gasteiger partial charge < -0.3 is 5.73 Å². The Bertz CT molecular complexity index is 1170. The van der Waals surface area contributed by atoms with Crippen molar-refractivity contribution in [2.24, 2.45) is 11.1 Å². The van der Waals surface area contributed by atoms with Crippen molar-refractivity contribution in [2.75, 3.05) is 0 Å². The first kappa shape index (κ1) is 34.9. The summed E-state index contributed by atoms with van der Waals surface area (Å²) in [7, 11) is 0. The molecular formula is C37H55N. The van der Waals surface area contributed by atoms with Crippen LogP contribution in [0.3, 0.4) is 0 Å². The highest BCUT2D eigenvalue weighted by Crippen LogP contribution is 2.30. The van der Waals surface area contributed by atoms with Crippen LogP contribution in [0.25, 0.3) is 16.3 Å². The highest BCUT2D eigenvalue weighted by atomic mass is 14.6. The minimum absolute atomic E-state index is 0.0833. The summed E-state index contributed by atoms with van der Waals surface area (Å²) < 4.78 is 0. The molecule has 0 radical (unpaired) electrons. The Hall–Kier alpha value is -3.06. The molecule has 38 heavy (non-hydrogen) atoms. The van der Waals surface area contributed by atoms with Gasteiger partial charge in [-0.25, -0.2) is 0 Å². The Balaban J connectivity index is 0.000000604. The molecule has 0 heterocycles. The van der Waals surface area contributed by atoms with Crippen molar-refractivity contribution in [3.05, 3.63) is 113 Å². The standard InChI is InChI=1S/C19H22.C10H14.C6H13N.C2H6/c1-5-6-7-11-18-17-12-9-8-10-16(17)15(4)13-19(18)14(2)3;1-4-10-7-5-6-8(2)9(10)3;1-5(7)6(2,3)4;1-2/h5,8-10,12-13H,1-2,6-7,11H2,3-4H3;5-7H,4H2,1-3H3;1,7H2,2-4H3;1-2H3. The van der Waals surface area contributed by atoms with Crippen LogP contribution in [0.2, 0.25) is 0 Å². The van der Waals surface area contributed by atoms with Crippen LogP contribution in [0.1, 0.15) is 94.7 Å². The molecule has 0 bridgehead atoms. The first-order valence-corrected chi connectivity index (χ1v) is 14.1. The topological polar surface area (TPSA) is 26.0 Å². The molecule has 0 aromatic heterocycles. The van der Waals surface area contributed by atoms with E-state index in [1.165, 1.54) is 44.2 Å². The van der Waals surface area contributed by atoms with Gasteiger partial charge in [-0.05, 0) is 97.5 Å². The normalized spacial score (nSPS) is 10.2. The van der Waals surface area contributed by atoms with Gasteiger partial charge in [0.15, 0.2) is 0 Å². The maximum atomic E-state index is 5.38. The van der Waals surface area contributed by atoms with Gasteiger partial charge in [-0.2, -0.15) is 0 Å². The number of hydrogen-bond donors (Lipinski definition) is 1. The lowest BCUT2D eigenvalue weighted by Crippen LogP contribution is -2.14. The molecule has 0 saturated carbocycles. The lowest BCUT2D eigenvalue weighted by molar-refractivity contribution is 0.500. The van der Waals surface area contributed by atoms with Crippen LogP contribution >= 0.6 is 0 Å². The van der Waals surface area contributed by atoms with Gasteiger partial charge in [0.1, 0.15) is 0 Å². The smallest absolute Gasteiger partial charge is 0.00621 e. The molecule has 3 rings (SSSR count). The van der Waals surface area contributed by atoms with Crippen molar-refractivity contribution >= 4 is 16.3 Å². The Morgan fingerprint density at radius 1 is 0.895 bits per heavy atom. The van der Waals surface area contributed by atoms with Crippen molar-refractivity contribution in [1.82, 2.24) is 0 Å². The summed E-state index contributed by atoms with van der Waals surface area (Å²) in [6.45, 7) is 32.5. The molecule has 0 aliphatic heterocycles. The van der Waals surface area contributed by atoms with Crippen molar-refractivity contribution in [2.45, 2.75) is 94.9 Å². The Labute approximate surface area is 235 Å². The summed E-state index contributed by atoms with van der Waals surface area (Å²) in [5.74, 6) is 0. The molecule has 0 fully saturated rings. The molecule has 0 amide bonds. The molecule has 1 heteroatoms. The van der Waals surface area contributed by atoms with Crippen LogP contribution in [0, 0.1) is 26.2 Å². The lowest BCUT2D eigenvalue weighted by Gasteiger charge is -2.16. The minimum Gasteiger partial charge on any atom is -0.402 e. The van der Waals surface area contributed by atoms with Crippen LogP contribution in [0.5, 0.6) is 0 Å². The maximum absolute atomic E-state index is 5.38. The average Bonchev–Trinajstić information content (AvgIpc) is 2.88. The maximum Gasteiger partial charge on any atom is 0.00621 e. The Morgan fingerprint density at radius 2 is 1.45 bits per heavy atom. The molecule has 0 saturated heterocycles. The van der Waals surface area contributed by atoms with E-state index >= 15 is 0 Å². The van der Waals surface area contributed by atoms with Crippen molar-refractivity contribution in [1.29, 1.82) is 0 Å². The van der Waals surface area contributed by atoms with Crippen LogP contribution in [0.15, 0.2) is 80.0 Å². The number of rotatable bonds is 6. The summed E-state index contributed by atoms with van der Waals surface area (Å²) in [4.78, 5) is 0. The molecule has 0 atom stereocenters. The Kier molecular flexibility index (Phi) is 16.0. The molecule has 0 spiro atoms. The monoisotopic (exact) mass is 513 g/mol. The fourth-order valence-corrected chi connectivity index (χ4v) is 3.88. The summed E-state index contributed by atoms with van der Waals surface area (Å²) in [5, 5.41) is 2.74. The third kappa shape index (κ3) is 11.1. The van der Waals surface area contributed by atoms with E-state index in [1.54, 1.807) is 0 Å². The molecule has 1 nitrogen and oxygen atoms in total. The molecule has 3 aromatic rings. The molecule has 0 unspecified atom stereocenters. The molecule has 208 valence electrons. The highest BCUT2D eigenvalue weighted by Gasteiger charge is 2.11. The van der Waals surface area contributed by atoms with Gasteiger partial charge in [0.2, 0.25) is 0 Å². The molecule has 2 N–H and O–H groups in total. The predicted octanol–water partition coefficient (Wildman–Crippen LogP) is 11.1. The second-order valence-electron chi connectivity index (χ2n) is 10.7. The van der Waals surface area contributed by atoms with Crippen LogP contribution in [-0.4, -0.2) is 0 Å². The van der Waals surface area contributed by atoms with Gasteiger partial charge in [0, 0.05) is 11.1 Å². The number of unbranched alkanes of at least 4 members (excludes halogenated alkanes) is 1. The van der Waals surface area contributed by atoms with Crippen molar-refractivity contribution in [3.8, 4) is 0 Å². The van der Waals surface area contributed by atoms with E-state index in [4.69, 9.17) is 5.73 Å². The number of nitrogens with two attached hydrogens (primary N) is 1. The summed E-state index contributed by atoms with van der Waals surface area (Å²) >= 11 is 0. The fraction of sp³-hybridized carbons (Fsp3) is 0.405. The zero-order valence-corrected chi connectivity index (χ0v) is 26.2. The number of fused-ring (bicyclic) bond motifs is 1. The van der Waals surface area contributed by atoms with Crippen LogP contribution in [-0.2, 0) is 12.8 Å². The third-order valence-electron chi connectivity index (χ3n) is 6.72. The third-order valence-corrected chi connectivity index (χ3v) is 6.72. The average molecular weight is 514 g/mol. The fourth-order valence-electron chi connectivity index (χ4n) is 3.88. The van der Waals surface area contributed by atoms with Gasteiger partial charge >= 0.3 is 0 Å². The van der Waals surface area contributed by atoms with Gasteiger partial charge in [-0.1, -0.05) is 115 Å². The van der Waals surface area contributed by atoms with E-state index in [0.717, 1.165) is 37.0 Å². The molecule has 0 aliphatic rings. The van der Waals surface area contributed by atoms with Crippen molar-refractivity contribution in [3.63, 3.8) is 0 Å². The van der Waals surface area contributed by atoms with Gasteiger partial charge in [-0.3, -0.25) is 0 Å². The molecule has 3 aromatic carbocycles. The molecule has 0 aliphatic carbocycles. The van der Waals surface area contributed by atoms with Gasteiger partial charge in [0.25, 0.3) is 0 Å². The van der Waals surface area contributed by atoms with Crippen LogP contribution < -0.4 is 5.73 Å². The van der Waals surface area contributed by atoms with E-state index in [-0.39, 0.29) is 5.41 Å². The molecular weight excluding hydrogens is 458 g/mol. The lowest BCUT2D eigenvalue weighted by atomic mass is 9.89. The number of allylic oxidation sites excluding steroid dienone is 3. The zero-order chi connectivity index (χ0) is 29.5. The summed E-state index contributed by atoms with van der Waals surface area (Å²) in [5.41, 5.74) is 15.8. The van der Waals surface area contributed by atoms with Crippen molar-refractivity contribution < 1.29 is 0 Å².